The third-order valence-electron chi connectivity index (χ3n) is 3.35. The second-order valence-corrected chi connectivity index (χ2v) is 5.58. The van der Waals surface area contributed by atoms with Crippen molar-refractivity contribution < 1.29 is 9.53 Å². The van der Waals surface area contributed by atoms with Crippen molar-refractivity contribution in [3.05, 3.63) is 64.3 Å². The molecule has 0 N–H and O–H groups in total. The van der Waals surface area contributed by atoms with Gasteiger partial charge in [0.1, 0.15) is 5.69 Å². The molecule has 0 aliphatic heterocycles. The van der Waals surface area contributed by atoms with Crippen LogP contribution < -0.4 is 0 Å². The number of hydrogen-bond acceptors (Lipinski definition) is 2. The quantitative estimate of drug-likeness (QED) is 0.623. The third kappa shape index (κ3) is 2.58. The highest BCUT2D eigenvalue weighted by Gasteiger charge is 2.19. The molecule has 0 spiro atoms. The van der Waals surface area contributed by atoms with Gasteiger partial charge >= 0.3 is 5.97 Å². The van der Waals surface area contributed by atoms with Crippen molar-refractivity contribution in [1.29, 1.82) is 0 Å². The Morgan fingerprint density at radius 2 is 1.91 bits per heavy atom. The van der Waals surface area contributed by atoms with Gasteiger partial charge in [-0.25, -0.2) is 4.79 Å². The van der Waals surface area contributed by atoms with Crippen molar-refractivity contribution >= 4 is 40.1 Å². The van der Waals surface area contributed by atoms with E-state index in [2.05, 4.69) is 0 Å². The molecule has 5 heteroatoms. The fourth-order valence-electron chi connectivity index (χ4n) is 2.43. The first-order chi connectivity index (χ1) is 10.6. The Balaban J connectivity index is 2.30. The summed E-state index contributed by atoms with van der Waals surface area (Å²) < 4.78 is 6.95. The summed E-state index contributed by atoms with van der Waals surface area (Å²) in [5, 5.41) is 1.96. The highest BCUT2D eigenvalue weighted by atomic mass is 35.5. The Bertz CT molecular complexity index is 855. The van der Waals surface area contributed by atoms with Crippen molar-refractivity contribution in [3.8, 4) is 5.69 Å². The first kappa shape index (κ1) is 14.9. The topological polar surface area (TPSA) is 31.2 Å². The van der Waals surface area contributed by atoms with Crippen LogP contribution in [0.25, 0.3) is 16.6 Å². The number of rotatable bonds is 3. The summed E-state index contributed by atoms with van der Waals surface area (Å²) in [5.41, 5.74) is 2.01. The maximum absolute atomic E-state index is 12.3. The zero-order chi connectivity index (χ0) is 15.7. The number of carbonyl (C=O) groups is 1. The van der Waals surface area contributed by atoms with Gasteiger partial charge in [0.2, 0.25) is 0 Å². The molecule has 3 aromatic rings. The van der Waals surface area contributed by atoms with Crippen LogP contribution in [-0.4, -0.2) is 17.1 Å². The predicted octanol–water partition coefficient (Wildman–Crippen LogP) is 5.11. The van der Waals surface area contributed by atoms with Crippen molar-refractivity contribution in [1.82, 2.24) is 4.57 Å². The Labute approximate surface area is 138 Å². The molecule has 0 saturated heterocycles. The summed E-state index contributed by atoms with van der Waals surface area (Å²) in [6, 6.07) is 14.7. The Kier molecular flexibility index (Phi) is 4.10. The van der Waals surface area contributed by atoms with E-state index in [9.17, 15) is 4.79 Å². The molecule has 3 nitrogen and oxygen atoms in total. The minimum atomic E-state index is -0.385. The van der Waals surface area contributed by atoms with Gasteiger partial charge in [-0.1, -0.05) is 41.4 Å². The molecule has 0 radical (unpaired) electrons. The molecule has 1 aromatic heterocycles. The molecular weight excluding hydrogens is 321 g/mol. The number of aromatic nitrogens is 1. The number of benzene rings is 2. The molecule has 0 fully saturated rings. The number of halogens is 2. The zero-order valence-corrected chi connectivity index (χ0v) is 13.4. The summed E-state index contributed by atoms with van der Waals surface area (Å²) in [7, 11) is 0. The standard InChI is InChI=1S/C17H13Cl2NO2/c1-2-22-17(21)16-9-11-5-3-4-6-14(11)20(16)15-8-7-12(18)10-13(15)19/h3-10H,2H2,1H3. The molecular formula is C17H13Cl2NO2. The predicted molar refractivity (Wildman–Crippen MR) is 89.3 cm³/mol. The molecule has 3 rings (SSSR count). The monoisotopic (exact) mass is 333 g/mol. The van der Waals surface area contributed by atoms with E-state index >= 15 is 0 Å². The number of esters is 1. The van der Waals surface area contributed by atoms with E-state index in [0.29, 0.717) is 28.0 Å². The Morgan fingerprint density at radius 1 is 1.14 bits per heavy atom. The van der Waals surface area contributed by atoms with Crippen LogP contribution in [0.3, 0.4) is 0 Å². The molecule has 0 unspecified atom stereocenters. The van der Waals surface area contributed by atoms with Crippen LogP contribution in [0.1, 0.15) is 17.4 Å². The number of ether oxygens (including phenoxy) is 1. The fraction of sp³-hybridized carbons (Fsp3) is 0.118. The maximum atomic E-state index is 12.3. The molecule has 0 amide bonds. The van der Waals surface area contributed by atoms with E-state index in [1.54, 1.807) is 35.8 Å². The van der Waals surface area contributed by atoms with Gasteiger partial charge < -0.3 is 9.30 Å². The second kappa shape index (κ2) is 6.03. The van der Waals surface area contributed by atoms with Gasteiger partial charge in [-0.2, -0.15) is 0 Å². The van der Waals surface area contributed by atoms with E-state index in [1.807, 2.05) is 24.3 Å². The van der Waals surface area contributed by atoms with Crippen LogP contribution in [0.15, 0.2) is 48.5 Å². The van der Waals surface area contributed by atoms with Crippen LogP contribution in [0.5, 0.6) is 0 Å². The maximum Gasteiger partial charge on any atom is 0.355 e. The molecule has 0 aliphatic rings. The van der Waals surface area contributed by atoms with E-state index < -0.39 is 0 Å². The van der Waals surface area contributed by atoms with E-state index in [1.165, 1.54) is 0 Å². The number of carbonyl (C=O) groups excluding carboxylic acids is 1. The van der Waals surface area contributed by atoms with Crippen LogP contribution in [0, 0.1) is 0 Å². The summed E-state index contributed by atoms with van der Waals surface area (Å²) in [6.45, 7) is 2.09. The third-order valence-corrected chi connectivity index (χ3v) is 3.88. The molecule has 2 aromatic carbocycles. The summed E-state index contributed by atoms with van der Waals surface area (Å²) in [4.78, 5) is 12.3. The highest BCUT2D eigenvalue weighted by molar-refractivity contribution is 6.35. The van der Waals surface area contributed by atoms with Gasteiger partial charge in [0, 0.05) is 10.4 Å². The fourth-order valence-corrected chi connectivity index (χ4v) is 2.93. The molecule has 0 aliphatic carbocycles. The number of para-hydroxylation sites is 1. The van der Waals surface area contributed by atoms with Crippen LogP contribution in [0.2, 0.25) is 10.0 Å². The number of fused-ring (bicyclic) bond motifs is 1. The van der Waals surface area contributed by atoms with Crippen molar-refractivity contribution in [3.63, 3.8) is 0 Å². The van der Waals surface area contributed by atoms with Crippen LogP contribution in [0.4, 0.5) is 0 Å². The smallest absolute Gasteiger partial charge is 0.355 e. The molecule has 0 saturated carbocycles. The molecule has 0 atom stereocenters. The summed E-state index contributed by atoms with van der Waals surface area (Å²) >= 11 is 12.3. The van der Waals surface area contributed by atoms with Gasteiger partial charge in [0.15, 0.2) is 0 Å². The largest absolute Gasteiger partial charge is 0.461 e. The van der Waals surface area contributed by atoms with Crippen molar-refractivity contribution in [2.75, 3.05) is 6.61 Å². The normalized spacial score (nSPS) is 10.9. The van der Waals surface area contributed by atoms with Crippen LogP contribution in [-0.2, 0) is 4.74 Å². The number of nitrogens with zero attached hydrogens (tertiary/aromatic N) is 1. The number of hydrogen-bond donors (Lipinski definition) is 0. The lowest BCUT2D eigenvalue weighted by atomic mass is 10.2. The minimum absolute atomic E-state index is 0.314. The summed E-state index contributed by atoms with van der Waals surface area (Å²) in [6.07, 6.45) is 0. The second-order valence-electron chi connectivity index (χ2n) is 4.74. The zero-order valence-electron chi connectivity index (χ0n) is 11.8. The first-order valence-corrected chi connectivity index (χ1v) is 7.60. The van der Waals surface area contributed by atoms with Crippen LogP contribution >= 0.6 is 23.2 Å². The lowest BCUT2D eigenvalue weighted by molar-refractivity contribution is 0.0517. The summed E-state index contributed by atoms with van der Waals surface area (Å²) in [5.74, 6) is -0.385. The molecule has 22 heavy (non-hydrogen) atoms. The Hall–Kier alpha value is -1.97. The SMILES string of the molecule is CCOC(=O)c1cc2ccccc2n1-c1ccc(Cl)cc1Cl. The first-order valence-electron chi connectivity index (χ1n) is 6.85. The highest BCUT2D eigenvalue weighted by Crippen LogP contribution is 2.30. The molecule has 112 valence electrons. The molecule has 0 bridgehead atoms. The van der Waals surface area contributed by atoms with E-state index in [4.69, 9.17) is 27.9 Å². The molecule has 1 heterocycles. The van der Waals surface area contributed by atoms with E-state index in [0.717, 1.165) is 10.9 Å². The van der Waals surface area contributed by atoms with Crippen molar-refractivity contribution in [2.45, 2.75) is 6.92 Å². The lowest BCUT2D eigenvalue weighted by Gasteiger charge is -2.12. The minimum Gasteiger partial charge on any atom is -0.461 e. The lowest BCUT2D eigenvalue weighted by Crippen LogP contribution is -2.11. The average molecular weight is 334 g/mol. The van der Waals surface area contributed by atoms with Gasteiger partial charge in [-0.3, -0.25) is 0 Å². The van der Waals surface area contributed by atoms with Gasteiger partial charge in [-0.05, 0) is 37.3 Å². The van der Waals surface area contributed by atoms with Gasteiger partial charge in [0.05, 0.1) is 22.8 Å². The van der Waals surface area contributed by atoms with Gasteiger partial charge in [0.25, 0.3) is 0 Å². The average Bonchev–Trinajstić information content (AvgIpc) is 2.87. The van der Waals surface area contributed by atoms with Gasteiger partial charge in [-0.15, -0.1) is 0 Å². The van der Waals surface area contributed by atoms with Crippen molar-refractivity contribution in [2.24, 2.45) is 0 Å². The van der Waals surface area contributed by atoms with E-state index in [-0.39, 0.29) is 5.97 Å². The Morgan fingerprint density at radius 3 is 2.64 bits per heavy atom.